The fraction of sp³-hybridized carbons (Fsp3) is 0.846. The summed E-state index contributed by atoms with van der Waals surface area (Å²) in [5.74, 6) is -0.317. The van der Waals surface area contributed by atoms with Gasteiger partial charge in [-0.3, -0.25) is 9.59 Å². The molecule has 0 spiro atoms. The maximum Gasteiger partial charge on any atom is 0.304 e. The third-order valence-corrected chi connectivity index (χ3v) is 6.25. The van der Waals surface area contributed by atoms with Gasteiger partial charge < -0.3 is 14.5 Å². The molecule has 0 aliphatic carbocycles. The highest BCUT2D eigenvalue weighted by Crippen LogP contribution is 2.34. The highest BCUT2D eigenvalue weighted by atomic mass is 28.2. The molecule has 110 valence electrons. The first-order valence-corrected chi connectivity index (χ1v) is 8.03. The lowest BCUT2D eigenvalue weighted by Gasteiger charge is -2.40. The number of esters is 1. The number of carbonyl (C=O) groups is 2. The fourth-order valence-corrected chi connectivity index (χ4v) is 2.96. The molecule has 1 heterocycles. The Morgan fingerprint density at radius 3 is 2.37 bits per heavy atom. The smallest absolute Gasteiger partial charge is 0.304 e. The molecule has 1 N–H and O–H groups in total. The van der Waals surface area contributed by atoms with E-state index in [1.807, 2.05) is 6.92 Å². The molecule has 1 saturated heterocycles. The van der Waals surface area contributed by atoms with Gasteiger partial charge in [-0.2, -0.15) is 0 Å². The van der Waals surface area contributed by atoms with Gasteiger partial charge in [-0.15, -0.1) is 0 Å². The second-order valence-electron chi connectivity index (χ2n) is 6.22. The van der Waals surface area contributed by atoms with Crippen LogP contribution in [-0.4, -0.2) is 34.0 Å². The molecule has 0 aromatic heterocycles. The first-order chi connectivity index (χ1) is 8.65. The number of β-lactam (4-membered cyclic amide) rings is 1. The van der Waals surface area contributed by atoms with E-state index in [-0.39, 0.29) is 28.9 Å². The molecule has 5 nitrogen and oxygen atoms in total. The second kappa shape index (κ2) is 6.05. The van der Waals surface area contributed by atoms with Crippen molar-refractivity contribution in [3.63, 3.8) is 0 Å². The molecule has 1 aliphatic rings. The minimum Gasteiger partial charge on any atom is -0.441 e. The molecular weight excluding hydrogens is 262 g/mol. The van der Waals surface area contributed by atoms with E-state index in [1.54, 1.807) is 0 Å². The molecule has 0 bridgehead atoms. The van der Waals surface area contributed by atoms with Crippen LogP contribution in [0.15, 0.2) is 0 Å². The van der Waals surface area contributed by atoms with Gasteiger partial charge in [0.1, 0.15) is 5.92 Å². The third kappa shape index (κ3) is 4.04. The zero-order chi connectivity index (χ0) is 14.8. The lowest BCUT2D eigenvalue weighted by Crippen LogP contribution is -2.64. The Morgan fingerprint density at radius 1 is 1.37 bits per heavy atom. The summed E-state index contributed by atoms with van der Waals surface area (Å²) >= 11 is 0. The van der Waals surface area contributed by atoms with Crippen LogP contribution in [0.25, 0.3) is 0 Å². The van der Waals surface area contributed by atoms with Gasteiger partial charge in [0.25, 0.3) is 0 Å². The van der Waals surface area contributed by atoms with Crippen molar-refractivity contribution in [2.45, 2.75) is 58.9 Å². The Labute approximate surface area is 117 Å². The molecule has 0 radical (unpaired) electrons. The Hall–Kier alpha value is -0.883. The number of carbonyl (C=O) groups excluding carboxylic acids is 2. The maximum absolute atomic E-state index is 11.6. The van der Waals surface area contributed by atoms with Gasteiger partial charge in [-0.25, -0.2) is 0 Å². The van der Waals surface area contributed by atoms with Gasteiger partial charge in [0, 0.05) is 6.92 Å². The van der Waals surface area contributed by atoms with Crippen LogP contribution in [0.5, 0.6) is 0 Å². The zero-order valence-electron chi connectivity index (χ0n) is 12.6. The van der Waals surface area contributed by atoms with E-state index in [0.29, 0.717) is 5.92 Å². The number of hydrogen-bond donors (Lipinski definition) is 1. The van der Waals surface area contributed by atoms with Crippen LogP contribution in [0.4, 0.5) is 0 Å². The quantitative estimate of drug-likeness (QED) is 0.449. The van der Waals surface area contributed by atoms with E-state index in [4.69, 9.17) is 9.16 Å². The molecule has 6 heteroatoms. The highest BCUT2D eigenvalue weighted by molar-refractivity contribution is 6.32. The Kier molecular flexibility index (Phi) is 5.15. The first kappa shape index (κ1) is 16.2. The van der Waals surface area contributed by atoms with Crippen molar-refractivity contribution in [2.75, 3.05) is 0 Å². The first-order valence-electron chi connectivity index (χ1n) is 6.74. The van der Waals surface area contributed by atoms with Crippen molar-refractivity contribution in [1.82, 2.24) is 5.32 Å². The van der Waals surface area contributed by atoms with Gasteiger partial charge in [0.2, 0.25) is 5.91 Å². The van der Waals surface area contributed by atoms with E-state index in [0.717, 1.165) is 0 Å². The number of hydrogen-bond acceptors (Lipinski definition) is 4. The molecule has 0 aromatic carbocycles. The van der Waals surface area contributed by atoms with Crippen LogP contribution in [0.1, 0.15) is 41.5 Å². The van der Waals surface area contributed by atoms with Crippen molar-refractivity contribution in [3.8, 4) is 0 Å². The summed E-state index contributed by atoms with van der Waals surface area (Å²) in [7, 11) is -0.767. The summed E-state index contributed by atoms with van der Waals surface area (Å²) in [4.78, 5) is 22.5. The molecule has 19 heavy (non-hydrogen) atoms. The average Bonchev–Trinajstić information content (AvgIpc) is 2.24. The Bertz CT molecular complexity index is 357. The number of ether oxygens (including phenoxy) is 1. The lowest BCUT2D eigenvalue weighted by atomic mass is 9.93. The van der Waals surface area contributed by atoms with Crippen LogP contribution < -0.4 is 5.32 Å². The van der Waals surface area contributed by atoms with Gasteiger partial charge in [0.05, 0.1) is 6.10 Å². The molecule has 1 rings (SSSR count). The van der Waals surface area contributed by atoms with Crippen molar-refractivity contribution in [3.05, 3.63) is 0 Å². The van der Waals surface area contributed by atoms with Crippen molar-refractivity contribution in [2.24, 2.45) is 11.8 Å². The van der Waals surface area contributed by atoms with Crippen LogP contribution in [0.3, 0.4) is 0 Å². The summed E-state index contributed by atoms with van der Waals surface area (Å²) in [6.07, 6.45) is -0.737. The number of nitrogens with one attached hydrogen (secondary N) is 1. The zero-order valence-corrected chi connectivity index (χ0v) is 14.1. The molecule has 1 fully saturated rings. The molecular formula is C13H25NO4Si. The van der Waals surface area contributed by atoms with E-state index in [2.05, 4.69) is 33.0 Å². The molecule has 3 atom stereocenters. The van der Waals surface area contributed by atoms with Crippen molar-refractivity contribution >= 4 is 21.6 Å². The summed E-state index contributed by atoms with van der Waals surface area (Å²) < 4.78 is 11.0. The average molecular weight is 287 g/mol. The Morgan fingerprint density at radius 2 is 1.95 bits per heavy atom. The SMILES string of the molecule is CC(=O)OC1NC(=O)C1[C@@H](C)O[SiH2]C(C)(C)C(C)C. The van der Waals surface area contributed by atoms with Crippen LogP contribution in [0, 0.1) is 11.8 Å². The second-order valence-corrected chi connectivity index (χ2v) is 8.67. The topological polar surface area (TPSA) is 64.6 Å². The Balaban J connectivity index is 2.50. The van der Waals surface area contributed by atoms with Gasteiger partial charge in [0.15, 0.2) is 16.0 Å². The fourth-order valence-electron chi connectivity index (χ4n) is 1.72. The maximum atomic E-state index is 11.6. The largest absolute Gasteiger partial charge is 0.441 e. The van der Waals surface area contributed by atoms with Crippen molar-refractivity contribution in [1.29, 1.82) is 0 Å². The van der Waals surface area contributed by atoms with E-state index in [1.165, 1.54) is 6.92 Å². The molecule has 0 aromatic rings. The molecule has 1 aliphatic heterocycles. The number of rotatable bonds is 6. The van der Waals surface area contributed by atoms with E-state index >= 15 is 0 Å². The minimum absolute atomic E-state index is 0.102. The van der Waals surface area contributed by atoms with Crippen LogP contribution >= 0.6 is 0 Å². The lowest BCUT2D eigenvalue weighted by molar-refractivity contribution is -0.172. The number of amides is 1. The third-order valence-electron chi connectivity index (χ3n) is 3.99. The summed E-state index contributed by atoms with van der Waals surface area (Å²) in [6, 6.07) is 0. The summed E-state index contributed by atoms with van der Waals surface area (Å²) in [5.41, 5.74) is 0. The minimum atomic E-state index is -0.767. The van der Waals surface area contributed by atoms with Gasteiger partial charge >= 0.3 is 5.97 Å². The van der Waals surface area contributed by atoms with Gasteiger partial charge in [-0.05, 0) is 17.9 Å². The van der Waals surface area contributed by atoms with Crippen LogP contribution in [-0.2, 0) is 18.8 Å². The standard InChI is InChI=1S/C13H25NO4Si/c1-7(2)13(5,6)19-18-8(3)10-11(16)14-12(10)17-9(4)15/h7-8,10,12H,19H2,1-6H3,(H,14,16)/t8-,10?,12?/m1/s1. The predicted octanol–water partition coefficient (Wildman–Crippen LogP) is 0.965. The van der Waals surface area contributed by atoms with Gasteiger partial charge in [-0.1, -0.05) is 27.7 Å². The van der Waals surface area contributed by atoms with Crippen molar-refractivity contribution < 1.29 is 18.8 Å². The molecule has 1 amide bonds. The van der Waals surface area contributed by atoms with Crippen LogP contribution in [0.2, 0.25) is 5.04 Å². The molecule has 2 unspecified atom stereocenters. The summed E-state index contributed by atoms with van der Waals surface area (Å²) in [6.45, 7) is 12.0. The van der Waals surface area contributed by atoms with E-state index < -0.39 is 16.0 Å². The predicted molar refractivity (Wildman–Crippen MR) is 75.2 cm³/mol. The highest BCUT2D eigenvalue weighted by Gasteiger charge is 2.46. The normalized spacial score (nSPS) is 25.3. The van der Waals surface area contributed by atoms with E-state index in [9.17, 15) is 9.59 Å². The molecule has 0 saturated carbocycles. The monoisotopic (exact) mass is 287 g/mol. The summed E-state index contributed by atoms with van der Waals surface area (Å²) in [5, 5.41) is 2.76.